The molecule has 23 heavy (non-hydrogen) atoms. The van der Waals surface area contributed by atoms with Gasteiger partial charge in [0.25, 0.3) is 0 Å². The highest BCUT2D eigenvalue weighted by molar-refractivity contribution is 5.47. The van der Waals surface area contributed by atoms with Crippen LogP contribution in [0.3, 0.4) is 0 Å². The van der Waals surface area contributed by atoms with Crippen LogP contribution in [0.5, 0.6) is 0 Å². The van der Waals surface area contributed by atoms with Crippen molar-refractivity contribution < 1.29 is 4.39 Å². The summed E-state index contributed by atoms with van der Waals surface area (Å²) >= 11 is 0. The fraction of sp³-hybridized carbons (Fsp3) is 0.118. The Morgan fingerprint density at radius 2 is 1.70 bits per heavy atom. The highest BCUT2D eigenvalue weighted by Gasteiger charge is 2.02. The molecule has 0 aliphatic rings. The molecule has 0 spiro atoms. The second kappa shape index (κ2) is 7.31. The molecule has 0 saturated carbocycles. The summed E-state index contributed by atoms with van der Waals surface area (Å²) in [6.07, 6.45) is 5.00. The van der Waals surface area contributed by atoms with Crippen LogP contribution in [0, 0.1) is 5.82 Å². The monoisotopic (exact) mass is 309 g/mol. The van der Waals surface area contributed by atoms with Gasteiger partial charge in [-0.25, -0.2) is 14.4 Å². The molecule has 0 unspecified atom stereocenters. The molecule has 1 aromatic carbocycles. The number of pyridine rings is 1. The van der Waals surface area contributed by atoms with Crippen LogP contribution in [0.1, 0.15) is 11.1 Å². The minimum Gasteiger partial charge on any atom is -0.366 e. The van der Waals surface area contributed by atoms with Crippen molar-refractivity contribution in [3.8, 4) is 0 Å². The van der Waals surface area contributed by atoms with Gasteiger partial charge < -0.3 is 10.6 Å². The average Bonchev–Trinajstić information content (AvgIpc) is 2.61. The van der Waals surface area contributed by atoms with E-state index in [2.05, 4.69) is 25.6 Å². The smallest absolute Gasteiger partial charge is 0.131 e. The van der Waals surface area contributed by atoms with Crippen molar-refractivity contribution >= 4 is 11.6 Å². The predicted octanol–water partition coefficient (Wildman–Crippen LogP) is 3.23. The van der Waals surface area contributed by atoms with Crippen LogP contribution in [-0.2, 0) is 13.1 Å². The number of aromatic nitrogens is 3. The standard InChI is InChI=1S/C17H16FN5/c18-15-6-2-1-5-14(15)11-21-17-8-16(22-12-23-17)20-10-13-4-3-7-19-9-13/h1-9,12H,10-11H2,(H2,20,21,22,23). The van der Waals surface area contributed by atoms with E-state index < -0.39 is 0 Å². The zero-order chi connectivity index (χ0) is 15.9. The maximum absolute atomic E-state index is 13.6. The maximum Gasteiger partial charge on any atom is 0.131 e. The van der Waals surface area contributed by atoms with Crippen molar-refractivity contribution in [3.63, 3.8) is 0 Å². The average molecular weight is 309 g/mol. The highest BCUT2D eigenvalue weighted by atomic mass is 19.1. The van der Waals surface area contributed by atoms with E-state index in [9.17, 15) is 4.39 Å². The zero-order valence-corrected chi connectivity index (χ0v) is 12.4. The number of hydrogen-bond donors (Lipinski definition) is 2. The molecule has 3 rings (SSSR count). The van der Waals surface area contributed by atoms with E-state index in [0.29, 0.717) is 30.3 Å². The Morgan fingerprint density at radius 1 is 0.913 bits per heavy atom. The van der Waals surface area contributed by atoms with Gasteiger partial charge in [0, 0.05) is 37.1 Å². The van der Waals surface area contributed by atoms with Gasteiger partial charge in [0.1, 0.15) is 23.8 Å². The van der Waals surface area contributed by atoms with Crippen LogP contribution < -0.4 is 10.6 Å². The Kier molecular flexibility index (Phi) is 4.73. The number of halogens is 1. The molecule has 0 amide bonds. The molecule has 2 N–H and O–H groups in total. The van der Waals surface area contributed by atoms with Crippen molar-refractivity contribution in [3.05, 3.63) is 78.1 Å². The molecule has 0 bridgehead atoms. The summed E-state index contributed by atoms with van der Waals surface area (Å²) in [5.41, 5.74) is 1.66. The second-order valence-electron chi connectivity index (χ2n) is 4.95. The summed E-state index contributed by atoms with van der Waals surface area (Å²) < 4.78 is 13.6. The first-order chi connectivity index (χ1) is 11.3. The summed E-state index contributed by atoms with van der Waals surface area (Å²) in [4.78, 5) is 12.4. The van der Waals surface area contributed by atoms with E-state index in [1.54, 1.807) is 36.7 Å². The quantitative estimate of drug-likeness (QED) is 0.732. The Hall–Kier alpha value is -3.02. The van der Waals surface area contributed by atoms with Crippen molar-refractivity contribution in [2.24, 2.45) is 0 Å². The Labute approximate surface area is 133 Å². The lowest BCUT2D eigenvalue weighted by atomic mass is 10.2. The van der Waals surface area contributed by atoms with Crippen LogP contribution in [0.2, 0.25) is 0 Å². The van der Waals surface area contributed by atoms with Crippen molar-refractivity contribution in [2.45, 2.75) is 13.1 Å². The predicted molar refractivity (Wildman–Crippen MR) is 87.3 cm³/mol. The molecule has 3 aromatic rings. The molecule has 0 saturated heterocycles. The van der Waals surface area contributed by atoms with E-state index in [-0.39, 0.29) is 5.82 Å². The van der Waals surface area contributed by atoms with Crippen molar-refractivity contribution in [1.29, 1.82) is 0 Å². The molecule has 6 heteroatoms. The first-order valence-corrected chi connectivity index (χ1v) is 7.23. The number of nitrogens with zero attached hydrogens (tertiary/aromatic N) is 3. The summed E-state index contributed by atoms with van der Waals surface area (Å²) in [6, 6.07) is 12.3. The van der Waals surface area contributed by atoms with E-state index in [1.165, 1.54) is 12.4 Å². The topological polar surface area (TPSA) is 62.7 Å². The SMILES string of the molecule is Fc1ccccc1CNc1cc(NCc2cccnc2)ncn1. The lowest BCUT2D eigenvalue weighted by molar-refractivity contribution is 0.613. The number of benzene rings is 1. The third kappa shape index (κ3) is 4.23. The van der Waals surface area contributed by atoms with Crippen LogP contribution in [0.25, 0.3) is 0 Å². The van der Waals surface area contributed by atoms with Gasteiger partial charge in [-0.05, 0) is 17.7 Å². The minimum absolute atomic E-state index is 0.232. The van der Waals surface area contributed by atoms with Gasteiger partial charge in [0.15, 0.2) is 0 Å². The Balaban J connectivity index is 1.60. The third-order valence-electron chi connectivity index (χ3n) is 3.28. The van der Waals surface area contributed by atoms with Crippen molar-refractivity contribution in [1.82, 2.24) is 15.0 Å². The third-order valence-corrected chi connectivity index (χ3v) is 3.28. The fourth-order valence-corrected chi connectivity index (χ4v) is 2.07. The van der Waals surface area contributed by atoms with E-state index >= 15 is 0 Å². The van der Waals surface area contributed by atoms with E-state index in [0.717, 1.165) is 5.56 Å². The van der Waals surface area contributed by atoms with Crippen LogP contribution >= 0.6 is 0 Å². The van der Waals surface area contributed by atoms with Gasteiger partial charge in [0.2, 0.25) is 0 Å². The second-order valence-corrected chi connectivity index (χ2v) is 4.95. The molecule has 2 heterocycles. The molecule has 0 aliphatic heterocycles. The summed E-state index contributed by atoms with van der Waals surface area (Å²) in [7, 11) is 0. The Bertz CT molecular complexity index is 764. The van der Waals surface area contributed by atoms with Gasteiger partial charge in [-0.1, -0.05) is 24.3 Å². The van der Waals surface area contributed by atoms with E-state index in [1.807, 2.05) is 12.1 Å². The van der Waals surface area contributed by atoms with E-state index in [4.69, 9.17) is 0 Å². The molecular formula is C17H16FN5. The highest BCUT2D eigenvalue weighted by Crippen LogP contribution is 2.13. The van der Waals surface area contributed by atoms with Gasteiger partial charge in [-0.3, -0.25) is 4.98 Å². The maximum atomic E-state index is 13.6. The first kappa shape index (κ1) is 14.9. The molecule has 0 aliphatic carbocycles. The fourth-order valence-electron chi connectivity index (χ4n) is 2.07. The molecule has 0 radical (unpaired) electrons. The summed E-state index contributed by atoms with van der Waals surface area (Å²) in [5, 5.41) is 6.30. The van der Waals surface area contributed by atoms with Crippen LogP contribution in [0.15, 0.2) is 61.2 Å². The number of hydrogen-bond acceptors (Lipinski definition) is 5. The summed E-state index contributed by atoms with van der Waals surface area (Å²) in [5.74, 6) is 1.10. The van der Waals surface area contributed by atoms with Crippen molar-refractivity contribution in [2.75, 3.05) is 10.6 Å². The molecule has 0 fully saturated rings. The molecule has 0 atom stereocenters. The summed E-state index contributed by atoms with van der Waals surface area (Å²) in [6.45, 7) is 0.989. The molecular weight excluding hydrogens is 293 g/mol. The van der Waals surface area contributed by atoms with Gasteiger partial charge in [-0.15, -0.1) is 0 Å². The number of rotatable bonds is 6. The molecule has 116 valence electrons. The minimum atomic E-state index is -0.232. The largest absolute Gasteiger partial charge is 0.366 e. The van der Waals surface area contributed by atoms with Crippen LogP contribution in [-0.4, -0.2) is 15.0 Å². The van der Waals surface area contributed by atoms with Crippen LogP contribution in [0.4, 0.5) is 16.0 Å². The normalized spacial score (nSPS) is 10.3. The van der Waals surface area contributed by atoms with Gasteiger partial charge >= 0.3 is 0 Å². The van der Waals surface area contributed by atoms with Gasteiger partial charge in [-0.2, -0.15) is 0 Å². The van der Waals surface area contributed by atoms with Gasteiger partial charge in [0.05, 0.1) is 0 Å². The lowest BCUT2D eigenvalue weighted by Crippen LogP contribution is -2.06. The molecule has 5 nitrogen and oxygen atoms in total. The number of anilines is 2. The first-order valence-electron chi connectivity index (χ1n) is 7.23. The lowest BCUT2D eigenvalue weighted by Gasteiger charge is -2.09. The molecule has 2 aromatic heterocycles. The zero-order valence-electron chi connectivity index (χ0n) is 12.4. The Morgan fingerprint density at radius 3 is 2.43 bits per heavy atom. The number of nitrogens with one attached hydrogen (secondary N) is 2.